The van der Waals surface area contributed by atoms with Crippen molar-refractivity contribution in [1.29, 1.82) is 0 Å². The fourth-order valence-electron chi connectivity index (χ4n) is 5.85. The molecular formula is C30H30FN5O3S. The standard InChI is InChI=1S/C30H30FN5O3S/c1-15-13-17(39-22-7-3-2-6-20(22)31)8-9-18(15)30(34)19-10-11-21(32)26-23(19)24(25(33)28(30)37)27(40-26)29(38)36-16-5-4-12-35-14-16/h2-3,6-11,13,16,25,35H,4-5,12,14,32-34H2,1H3,(H,36,38). The lowest BCUT2D eigenvalue weighted by Crippen LogP contribution is -2.53. The number of carbonyl (C=O) groups excluding carboxylic acids is 2. The van der Waals surface area contributed by atoms with Crippen LogP contribution in [0.5, 0.6) is 11.5 Å². The molecule has 0 saturated carbocycles. The number of piperidine rings is 1. The van der Waals surface area contributed by atoms with E-state index in [1.54, 1.807) is 42.5 Å². The number of hydrogen-bond donors (Lipinski definition) is 5. The molecule has 206 valence electrons. The Kier molecular flexibility index (Phi) is 6.58. The van der Waals surface area contributed by atoms with Crippen molar-refractivity contribution in [2.75, 3.05) is 18.8 Å². The first-order valence-electron chi connectivity index (χ1n) is 13.2. The lowest BCUT2D eigenvalue weighted by molar-refractivity contribution is -0.124. The van der Waals surface area contributed by atoms with Crippen LogP contribution in [0.4, 0.5) is 10.1 Å². The molecule has 1 saturated heterocycles. The smallest absolute Gasteiger partial charge is 0.262 e. The van der Waals surface area contributed by atoms with E-state index in [-0.39, 0.29) is 17.7 Å². The van der Waals surface area contributed by atoms with E-state index in [1.807, 2.05) is 6.92 Å². The molecule has 3 atom stereocenters. The van der Waals surface area contributed by atoms with Crippen LogP contribution in [0.25, 0.3) is 10.1 Å². The summed E-state index contributed by atoms with van der Waals surface area (Å²) in [5.74, 6) is -0.692. The van der Waals surface area contributed by atoms with Gasteiger partial charge in [0.2, 0.25) is 0 Å². The van der Waals surface area contributed by atoms with Gasteiger partial charge in [0, 0.05) is 29.2 Å². The van der Waals surface area contributed by atoms with Crippen molar-refractivity contribution < 1.29 is 18.7 Å². The van der Waals surface area contributed by atoms with Crippen LogP contribution >= 0.6 is 11.3 Å². The van der Waals surface area contributed by atoms with Crippen LogP contribution < -0.4 is 32.6 Å². The third kappa shape index (κ3) is 4.15. The molecule has 1 aromatic heterocycles. The van der Waals surface area contributed by atoms with E-state index in [1.165, 1.54) is 23.5 Å². The van der Waals surface area contributed by atoms with E-state index in [0.717, 1.165) is 19.4 Å². The monoisotopic (exact) mass is 559 g/mol. The van der Waals surface area contributed by atoms with Gasteiger partial charge >= 0.3 is 0 Å². The van der Waals surface area contributed by atoms with Gasteiger partial charge in [0.15, 0.2) is 17.3 Å². The van der Waals surface area contributed by atoms with E-state index in [0.29, 0.717) is 55.2 Å². The van der Waals surface area contributed by atoms with E-state index < -0.39 is 23.2 Å². The zero-order valence-electron chi connectivity index (χ0n) is 21.9. The molecular weight excluding hydrogens is 529 g/mol. The number of Topliss-reactive ketones (excluding diaryl/α,β-unsaturated/α-hetero) is 1. The molecule has 1 aliphatic heterocycles. The third-order valence-corrected chi connectivity index (χ3v) is 9.09. The molecule has 1 amide bonds. The molecule has 0 spiro atoms. The zero-order valence-corrected chi connectivity index (χ0v) is 22.7. The zero-order chi connectivity index (χ0) is 28.2. The molecule has 10 heteroatoms. The maximum Gasteiger partial charge on any atom is 0.262 e. The third-order valence-electron chi connectivity index (χ3n) is 7.84. The predicted molar refractivity (Wildman–Crippen MR) is 154 cm³/mol. The molecule has 1 fully saturated rings. The van der Waals surface area contributed by atoms with Crippen LogP contribution in [-0.4, -0.2) is 30.8 Å². The number of anilines is 1. The number of aryl methyl sites for hydroxylation is 1. The maximum absolute atomic E-state index is 14.1. The number of nitrogens with two attached hydrogens (primary N) is 3. The Labute approximate surface area is 234 Å². The van der Waals surface area contributed by atoms with Crippen molar-refractivity contribution in [1.82, 2.24) is 10.6 Å². The van der Waals surface area contributed by atoms with Gasteiger partial charge in [0.25, 0.3) is 5.91 Å². The first kappa shape index (κ1) is 26.4. The van der Waals surface area contributed by atoms with Gasteiger partial charge in [0.05, 0.1) is 15.6 Å². The molecule has 3 aromatic carbocycles. The number of rotatable bonds is 5. The van der Waals surface area contributed by atoms with Crippen LogP contribution in [-0.2, 0) is 10.3 Å². The second kappa shape index (κ2) is 9.97. The number of carbonyl (C=O) groups is 2. The highest BCUT2D eigenvalue weighted by atomic mass is 32.1. The molecule has 3 unspecified atom stereocenters. The molecule has 6 rings (SSSR count). The summed E-state index contributed by atoms with van der Waals surface area (Å²) in [5, 5.41) is 7.03. The number of benzene rings is 3. The van der Waals surface area contributed by atoms with Gasteiger partial charge < -0.3 is 32.6 Å². The van der Waals surface area contributed by atoms with E-state index in [2.05, 4.69) is 10.6 Å². The van der Waals surface area contributed by atoms with Gasteiger partial charge in [-0.2, -0.15) is 0 Å². The van der Waals surface area contributed by atoms with E-state index in [4.69, 9.17) is 21.9 Å². The summed E-state index contributed by atoms with van der Waals surface area (Å²) >= 11 is 1.24. The number of nitrogens with one attached hydrogen (secondary N) is 2. The number of nitrogen functional groups attached to an aromatic ring is 1. The SMILES string of the molecule is Cc1cc(Oc2ccccc2F)ccc1C1(N)C(=O)C(N)c2c(C(=O)NC3CCCNC3)sc3c(N)ccc1c23. The minimum atomic E-state index is -1.60. The second-order valence-electron chi connectivity index (χ2n) is 10.4. The highest BCUT2D eigenvalue weighted by Crippen LogP contribution is 2.50. The van der Waals surface area contributed by atoms with Crippen molar-refractivity contribution >= 4 is 38.8 Å². The van der Waals surface area contributed by atoms with E-state index in [9.17, 15) is 14.0 Å². The summed E-state index contributed by atoms with van der Waals surface area (Å²) in [6.07, 6.45) is 1.84. The second-order valence-corrected chi connectivity index (χ2v) is 11.4. The van der Waals surface area contributed by atoms with Crippen molar-refractivity contribution in [2.45, 2.75) is 37.4 Å². The Hall–Kier alpha value is -3.83. The summed E-state index contributed by atoms with van der Waals surface area (Å²) in [4.78, 5) is 27.9. The lowest BCUT2D eigenvalue weighted by Gasteiger charge is -2.37. The minimum absolute atomic E-state index is 0.00709. The number of halogens is 1. The Bertz CT molecular complexity index is 1660. The fourth-order valence-corrected chi connectivity index (χ4v) is 7.05. The van der Waals surface area contributed by atoms with Crippen LogP contribution in [0.2, 0.25) is 0 Å². The lowest BCUT2D eigenvalue weighted by atomic mass is 9.69. The Balaban J connectivity index is 1.44. The average Bonchev–Trinajstić information content (AvgIpc) is 3.35. The summed E-state index contributed by atoms with van der Waals surface area (Å²) < 4.78 is 20.6. The van der Waals surface area contributed by atoms with Gasteiger partial charge in [-0.25, -0.2) is 4.39 Å². The molecule has 0 bridgehead atoms. The molecule has 40 heavy (non-hydrogen) atoms. The van der Waals surface area contributed by atoms with Crippen molar-refractivity contribution in [3.63, 3.8) is 0 Å². The van der Waals surface area contributed by atoms with Gasteiger partial charge in [-0.15, -0.1) is 11.3 Å². The number of ether oxygens (including phenoxy) is 1. The van der Waals surface area contributed by atoms with Crippen molar-refractivity contribution in [2.24, 2.45) is 11.5 Å². The molecule has 8 nitrogen and oxygen atoms in total. The Morgan fingerprint density at radius 3 is 2.67 bits per heavy atom. The fraction of sp³-hybridized carbons (Fsp3) is 0.267. The molecule has 4 aromatic rings. The van der Waals surface area contributed by atoms with Crippen molar-refractivity contribution in [3.05, 3.63) is 87.5 Å². The molecule has 8 N–H and O–H groups in total. The van der Waals surface area contributed by atoms with Gasteiger partial charge in [-0.3, -0.25) is 9.59 Å². The quantitative estimate of drug-likeness (QED) is 0.233. The highest BCUT2D eigenvalue weighted by molar-refractivity contribution is 7.21. The van der Waals surface area contributed by atoms with Crippen molar-refractivity contribution in [3.8, 4) is 11.5 Å². The Morgan fingerprint density at radius 1 is 1.18 bits per heavy atom. The highest BCUT2D eigenvalue weighted by Gasteiger charge is 2.49. The first-order chi connectivity index (χ1) is 19.2. The van der Waals surface area contributed by atoms with Gasteiger partial charge in [-0.05, 0) is 73.3 Å². The number of thiophene rings is 1. The molecule has 2 aliphatic rings. The largest absolute Gasteiger partial charge is 0.454 e. The first-order valence-corrected chi connectivity index (χ1v) is 14.0. The van der Waals surface area contributed by atoms with Crippen LogP contribution in [0.3, 0.4) is 0 Å². The minimum Gasteiger partial charge on any atom is -0.454 e. The van der Waals surface area contributed by atoms with E-state index >= 15 is 0 Å². The summed E-state index contributed by atoms with van der Waals surface area (Å²) in [5.41, 5.74) is 21.1. The van der Waals surface area contributed by atoms with Crippen LogP contribution in [0.15, 0.2) is 54.6 Å². The number of para-hydroxylation sites is 1. The normalized spacial score (nSPS) is 22.4. The maximum atomic E-state index is 14.1. The molecule has 2 heterocycles. The number of ketones is 1. The summed E-state index contributed by atoms with van der Waals surface area (Å²) in [6, 6.07) is 13.5. The Morgan fingerprint density at radius 2 is 1.95 bits per heavy atom. The van der Waals surface area contributed by atoms with Gasteiger partial charge in [-0.1, -0.05) is 24.3 Å². The number of amides is 1. The topological polar surface area (TPSA) is 145 Å². The number of hydrogen-bond acceptors (Lipinski definition) is 8. The summed E-state index contributed by atoms with van der Waals surface area (Å²) in [6.45, 7) is 3.42. The van der Waals surface area contributed by atoms with Crippen LogP contribution in [0, 0.1) is 12.7 Å². The molecule has 0 radical (unpaired) electrons. The van der Waals surface area contributed by atoms with Crippen LogP contribution in [0.1, 0.15) is 50.8 Å². The summed E-state index contributed by atoms with van der Waals surface area (Å²) in [7, 11) is 0. The van der Waals surface area contributed by atoms with Gasteiger partial charge in [0.1, 0.15) is 11.3 Å². The predicted octanol–water partition coefficient (Wildman–Crippen LogP) is 3.99. The molecule has 1 aliphatic carbocycles. The average molecular weight is 560 g/mol.